The Labute approximate surface area is 166 Å². The number of hydrogen-bond donors (Lipinski definition) is 2. The number of nitrogens with zero attached hydrogens (tertiary/aromatic N) is 2. The van der Waals surface area contributed by atoms with Gasteiger partial charge in [0.1, 0.15) is 11.5 Å². The number of carbonyl (C=O) groups excluding carboxylic acids is 1. The Kier molecular flexibility index (Phi) is 5.57. The summed E-state index contributed by atoms with van der Waals surface area (Å²) in [6.07, 6.45) is 2.87. The molecule has 2 aromatic rings. The Hall–Kier alpha value is -3.04. The van der Waals surface area contributed by atoms with Gasteiger partial charge in [-0.15, -0.1) is 11.0 Å². The van der Waals surface area contributed by atoms with Crippen LogP contribution in [0.15, 0.2) is 75.4 Å². The molecule has 144 valence electrons. The fourth-order valence-corrected chi connectivity index (χ4v) is 4.61. The molecule has 0 atom stereocenters. The first-order valence-electron chi connectivity index (χ1n) is 8.06. The van der Waals surface area contributed by atoms with Gasteiger partial charge in [-0.3, -0.25) is 9.69 Å². The molecule has 1 amide bonds. The van der Waals surface area contributed by atoms with Crippen LogP contribution in [0.5, 0.6) is 11.5 Å². The monoisotopic (exact) mass is 416 g/mol. The number of benzene rings is 2. The van der Waals surface area contributed by atoms with Crippen LogP contribution in [0.2, 0.25) is 0 Å². The van der Waals surface area contributed by atoms with Gasteiger partial charge >= 0.3 is 0 Å². The number of thioether (sulfide) groups is 1. The molecule has 0 aromatic heterocycles. The van der Waals surface area contributed by atoms with Crippen molar-refractivity contribution in [2.75, 3.05) is 6.54 Å². The van der Waals surface area contributed by atoms with Gasteiger partial charge in [-0.1, -0.05) is 24.3 Å². The normalized spacial score (nSPS) is 17.4. The smallest absolute Gasteiger partial charge is 0.284 e. The third-order valence-electron chi connectivity index (χ3n) is 3.74. The molecule has 0 aliphatic carbocycles. The van der Waals surface area contributed by atoms with Gasteiger partial charge in [0.2, 0.25) is 0 Å². The Balaban J connectivity index is 2.01. The minimum atomic E-state index is -4.00. The van der Waals surface area contributed by atoms with Crippen molar-refractivity contribution >= 4 is 38.9 Å². The van der Waals surface area contributed by atoms with Crippen molar-refractivity contribution in [3.05, 3.63) is 71.7 Å². The van der Waals surface area contributed by atoms with E-state index in [1.165, 1.54) is 41.3 Å². The number of aromatic hydroxyl groups is 2. The Morgan fingerprint density at radius 1 is 1.14 bits per heavy atom. The highest BCUT2D eigenvalue weighted by atomic mass is 32.2. The molecule has 0 radical (unpaired) electrons. The summed E-state index contributed by atoms with van der Waals surface area (Å²) < 4.78 is 28.9. The van der Waals surface area contributed by atoms with Gasteiger partial charge in [0.05, 0.1) is 9.80 Å². The van der Waals surface area contributed by atoms with E-state index in [2.05, 4.69) is 11.0 Å². The van der Waals surface area contributed by atoms with Crippen molar-refractivity contribution in [1.29, 1.82) is 0 Å². The van der Waals surface area contributed by atoms with Crippen LogP contribution in [0.3, 0.4) is 0 Å². The van der Waals surface area contributed by atoms with E-state index in [4.69, 9.17) is 0 Å². The van der Waals surface area contributed by atoms with E-state index in [1.807, 2.05) is 0 Å². The van der Waals surface area contributed by atoms with Crippen LogP contribution in [0.25, 0.3) is 6.08 Å². The lowest BCUT2D eigenvalue weighted by Crippen LogP contribution is -2.29. The maximum Gasteiger partial charge on any atom is 0.284 e. The summed E-state index contributed by atoms with van der Waals surface area (Å²) in [4.78, 5) is 14.1. The lowest BCUT2D eigenvalue weighted by Gasteiger charge is -2.12. The molecule has 9 heteroatoms. The van der Waals surface area contributed by atoms with Gasteiger partial charge in [0.25, 0.3) is 15.9 Å². The summed E-state index contributed by atoms with van der Waals surface area (Å²) in [6, 6.07) is 11.7. The van der Waals surface area contributed by atoms with Gasteiger partial charge in [-0.25, -0.2) is 0 Å². The van der Waals surface area contributed by atoms with Crippen LogP contribution < -0.4 is 0 Å². The zero-order valence-corrected chi connectivity index (χ0v) is 16.2. The van der Waals surface area contributed by atoms with Crippen LogP contribution in [0.4, 0.5) is 0 Å². The summed E-state index contributed by atoms with van der Waals surface area (Å²) in [7, 11) is -4.00. The average Bonchev–Trinajstić information content (AvgIpc) is 2.93. The minimum absolute atomic E-state index is 0.00160. The van der Waals surface area contributed by atoms with Crippen molar-refractivity contribution in [2.24, 2.45) is 4.40 Å². The second kappa shape index (κ2) is 7.91. The largest absolute Gasteiger partial charge is 0.508 e. The molecule has 3 rings (SSSR count). The third kappa shape index (κ3) is 4.10. The molecule has 1 aliphatic rings. The molecule has 2 aromatic carbocycles. The molecule has 0 bridgehead atoms. The van der Waals surface area contributed by atoms with E-state index in [9.17, 15) is 23.4 Å². The highest BCUT2D eigenvalue weighted by Crippen LogP contribution is 2.35. The Bertz CT molecular complexity index is 1090. The van der Waals surface area contributed by atoms with E-state index in [0.29, 0.717) is 5.56 Å². The number of amidine groups is 1. The molecule has 1 heterocycles. The zero-order valence-electron chi connectivity index (χ0n) is 14.5. The topological polar surface area (TPSA) is 107 Å². The van der Waals surface area contributed by atoms with E-state index in [1.54, 1.807) is 18.2 Å². The quantitative estimate of drug-likeness (QED) is 0.573. The number of amides is 1. The predicted octanol–water partition coefficient (Wildman–Crippen LogP) is 2.95. The fourth-order valence-electron chi connectivity index (χ4n) is 2.41. The van der Waals surface area contributed by atoms with Crippen molar-refractivity contribution in [3.8, 4) is 11.5 Å². The van der Waals surface area contributed by atoms with Crippen LogP contribution in [-0.4, -0.2) is 41.2 Å². The van der Waals surface area contributed by atoms with Gasteiger partial charge in [0, 0.05) is 18.2 Å². The summed E-state index contributed by atoms with van der Waals surface area (Å²) >= 11 is 0.883. The number of rotatable bonds is 5. The van der Waals surface area contributed by atoms with Crippen molar-refractivity contribution in [2.45, 2.75) is 4.90 Å². The van der Waals surface area contributed by atoms with Crippen LogP contribution in [0.1, 0.15) is 5.56 Å². The number of carbonyl (C=O) groups is 1. The van der Waals surface area contributed by atoms with Crippen molar-refractivity contribution in [1.82, 2.24) is 4.90 Å². The molecule has 1 fully saturated rings. The van der Waals surface area contributed by atoms with Crippen molar-refractivity contribution in [3.63, 3.8) is 0 Å². The van der Waals surface area contributed by atoms with Crippen LogP contribution in [-0.2, 0) is 14.8 Å². The molecule has 0 spiro atoms. The first-order valence-corrected chi connectivity index (χ1v) is 10.3. The number of sulfonamides is 1. The third-order valence-corrected chi connectivity index (χ3v) is 6.14. The zero-order chi connectivity index (χ0) is 20.3. The van der Waals surface area contributed by atoms with Gasteiger partial charge < -0.3 is 10.2 Å². The molecule has 0 saturated carbocycles. The first-order chi connectivity index (χ1) is 13.3. The SMILES string of the molecule is C=CCN1C(=O)C(=Cc2ccc(O)cc2O)SC1=NS(=O)(=O)c1ccccc1. The first kappa shape index (κ1) is 19.7. The summed E-state index contributed by atoms with van der Waals surface area (Å²) in [5.41, 5.74) is 0.305. The van der Waals surface area contributed by atoms with Crippen LogP contribution in [0, 0.1) is 0 Å². The molecular weight excluding hydrogens is 400 g/mol. The molecule has 0 unspecified atom stereocenters. The molecule has 1 aliphatic heterocycles. The summed E-state index contributed by atoms with van der Waals surface area (Å²) in [6.45, 7) is 3.66. The van der Waals surface area contributed by atoms with Gasteiger partial charge in [-0.05, 0) is 42.1 Å². The summed E-state index contributed by atoms with van der Waals surface area (Å²) in [5.74, 6) is -0.785. The van der Waals surface area contributed by atoms with E-state index < -0.39 is 15.9 Å². The van der Waals surface area contributed by atoms with E-state index >= 15 is 0 Å². The molecule has 7 nitrogen and oxygen atoms in total. The Morgan fingerprint density at radius 2 is 1.86 bits per heavy atom. The Morgan fingerprint density at radius 3 is 2.50 bits per heavy atom. The molecule has 28 heavy (non-hydrogen) atoms. The number of phenols is 2. The predicted molar refractivity (Wildman–Crippen MR) is 108 cm³/mol. The second-order valence-corrected chi connectivity index (χ2v) is 8.33. The standard InChI is InChI=1S/C19H16N2O5S2/c1-2-10-21-18(24)17(11-13-8-9-14(22)12-16(13)23)27-19(21)20-28(25,26)15-6-4-3-5-7-15/h2-9,11-12,22-23H,1,10H2. The van der Waals surface area contributed by atoms with E-state index in [-0.39, 0.29) is 33.0 Å². The maximum atomic E-state index is 12.7. The van der Waals surface area contributed by atoms with Gasteiger partial charge in [0.15, 0.2) is 5.17 Å². The lowest BCUT2D eigenvalue weighted by molar-refractivity contribution is -0.121. The highest BCUT2D eigenvalue weighted by molar-refractivity contribution is 8.19. The molecule has 2 N–H and O–H groups in total. The summed E-state index contributed by atoms with van der Waals surface area (Å²) in [5, 5.41) is 19.3. The van der Waals surface area contributed by atoms with E-state index in [0.717, 1.165) is 17.8 Å². The maximum absolute atomic E-state index is 12.7. The van der Waals surface area contributed by atoms with Crippen LogP contribution >= 0.6 is 11.8 Å². The second-order valence-electron chi connectivity index (χ2n) is 5.72. The lowest BCUT2D eigenvalue weighted by atomic mass is 10.1. The highest BCUT2D eigenvalue weighted by Gasteiger charge is 2.34. The average molecular weight is 416 g/mol. The molecular formula is C19H16N2O5S2. The van der Waals surface area contributed by atoms with Crippen molar-refractivity contribution < 1.29 is 23.4 Å². The van der Waals surface area contributed by atoms with Gasteiger partial charge in [-0.2, -0.15) is 8.42 Å². The minimum Gasteiger partial charge on any atom is -0.508 e. The number of hydrogen-bond acceptors (Lipinski definition) is 6. The molecule has 1 saturated heterocycles. The number of phenolic OH excluding ortho intramolecular Hbond substituents is 2. The fraction of sp³-hybridized carbons (Fsp3) is 0.0526.